The Morgan fingerprint density at radius 2 is 1.90 bits per heavy atom. The molecule has 0 radical (unpaired) electrons. The first kappa shape index (κ1) is 29.6. The van der Waals surface area contributed by atoms with Crippen molar-refractivity contribution in [3.05, 3.63) is 53.1 Å². The third-order valence-electron chi connectivity index (χ3n) is 5.96. The molecule has 1 saturated heterocycles. The molecule has 5 N–H and O–H groups in total. The van der Waals surface area contributed by atoms with E-state index in [0.717, 1.165) is 17.7 Å². The lowest BCUT2D eigenvalue weighted by Gasteiger charge is -2.18. The van der Waals surface area contributed by atoms with Gasteiger partial charge in [0.2, 0.25) is 5.91 Å². The second-order valence-corrected chi connectivity index (χ2v) is 9.49. The van der Waals surface area contributed by atoms with Crippen molar-refractivity contribution >= 4 is 23.5 Å². The molecule has 3 rings (SSSR count). The van der Waals surface area contributed by atoms with Crippen LogP contribution in [0.2, 0.25) is 0 Å². The highest BCUT2D eigenvalue weighted by Crippen LogP contribution is 2.32. The molecule has 0 bridgehead atoms. The third kappa shape index (κ3) is 8.50. The fourth-order valence-electron chi connectivity index (χ4n) is 4.16. The normalized spacial score (nSPS) is 15.6. The Morgan fingerprint density at radius 3 is 2.54 bits per heavy atom. The summed E-state index contributed by atoms with van der Waals surface area (Å²) in [5.41, 5.74) is -0.746. The maximum atomic E-state index is 13.2. The highest BCUT2D eigenvalue weighted by Gasteiger charge is 2.32. The lowest BCUT2D eigenvalue weighted by atomic mass is 10.1. The number of rotatable bonds is 9. The van der Waals surface area contributed by atoms with Crippen molar-refractivity contribution in [1.29, 1.82) is 0 Å². The summed E-state index contributed by atoms with van der Waals surface area (Å²) in [6.07, 6.45) is -4.04. The number of likely N-dealkylation sites (tertiary alicyclic amines) is 1. The van der Waals surface area contributed by atoms with E-state index in [1.807, 2.05) is 6.07 Å². The molecule has 2 aromatic carbocycles. The average Bonchev–Trinajstić information content (AvgIpc) is 3.28. The van der Waals surface area contributed by atoms with Gasteiger partial charge in [0.05, 0.1) is 30.5 Å². The van der Waals surface area contributed by atoms with Gasteiger partial charge in [-0.1, -0.05) is 6.07 Å². The molecule has 1 fully saturated rings. The van der Waals surface area contributed by atoms with Crippen molar-refractivity contribution < 1.29 is 37.4 Å². The van der Waals surface area contributed by atoms with Gasteiger partial charge < -0.3 is 31.1 Å². The number of alkyl halides is 3. The second kappa shape index (κ2) is 12.7. The van der Waals surface area contributed by atoms with Gasteiger partial charge in [-0.05, 0) is 56.2 Å². The molecular weight excluding hydrogens is 519 g/mol. The first-order valence-corrected chi connectivity index (χ1v) is 12.3. The average molecular weight is 552 g/mol. The highest BCUT2D eigenvalue weighted by molar-refractivity contribution is 6.04. The Hall–Kier alpha value is -4.00. The van der Waals surface area contributed by atoms with Gasteiger partial charge in [-0.15, -0.1) is 0 Å². The van der Waals surface area contributed by atoms with Crippen molar-refractivity contribution in [1.82, 2.24) is 20.9 Å². The van der Waals surface area contributed by atoms with E-state index in [4.69, 9.17) is 4.74 Å². The zero-order valence-electron chi connectivity index (χ0n) is 21.8. The van der Waals surface area contributed by atoms with E-state index in [9.17, 15) is 32.7 Å². The van der Waals surface area contributed by atoms with E-state index in [1.165, 1.54) is 7.11 Å². The quantitative estimate of drug-likeness (QED) is 0.326. The molecule has 1 aliphatic heterocycles. The summed E-state index contributed by atoms with van der Waals surface area (Å²) in [4.78, 5) is 39.4. The number of urea groups is 1. The van der Waals surface area contributed by atoms with Crippen molar-refractivity contribution in [3.8, 4) is 11.5 Å². The Labute approximate surface area is 223 Å². The zero-order chi connectivity index (χ0) is 28.7. The minimum absolute atomic E-state index is 0.0365. The predicted octanol–water partition coefficient (Wildman–Crippen LogP) is 3.07. The Bertz CT molecular complexity index is 1200. The van der Waals surface area contributed by atoms with Gasteiger partial charge >= 0.3 is 12.2 Å². The lowest BCUT2D eigenvalue weighted by molar-refractivity contribution is -0.137. The van der Waals surface area contributed by atoms with Gasteiger partial charge in [-0.2, -0.15) is 13.2 Å². The fourth-order valence-corrected chi connectivity index (χ4v) is 4.16. The summed E-state index contributed by atoms with van der Waals surface area (Å²) in [5, 5.41) is 20.0. The molecule has 4 amide bonds. The standard InChI is InChI=1S/C26H32F3N5O5/c1-15(2)31-25(38)33-20-6-5-17(26(27,28)29)11-19(20)24(37)30-12-23(36)32-18-8-9-34(14-18)13-16-4-7-22(39-3)21(35)10-16/h4-7,10-11,15,18,35H,8-9,12-14H2,1-3H3,(H,30,37)(H,32,36)(H2,31,33,38)/t18-/m0/s1. The first-order chi connectivity index (χ1) is 18.3. The van der Waals surface area contributed by atoms with Gasteiger partial charge in [0.15, 0.2) is 11.5 Å². The maximum absolute atomic E-state index is 13.2. The van der Waals surface area contributed by atoms with Crippen LogP contribution in [-0.4, -0.2) is 66.7 Å². The minimum Gasteiger partial charge on any atom is -0.504 e. The molecular formula is C26H32F3N5O5. The molecule has 0 unspecified atom stereocenters. The molecule has 10 nitrogen and oxygen atoms in total. The van der Waals surface area contributed by atoms with Crippen LogP contribution in [0.1, 0.15) is 41.8 Å². The van der Waals surface area contributed by atoms with Crippen LogP contribution < -0.4 is 26.0 Å². The topological polar surface area (TPSA) is 132 Å². The summed E-state index contributed by atoms with van der Waals surface area (Å²) in [5.74, 6) is -1.03. The third-order valence-corrected chi connectivity index (χ3v) is 5.96. The van der Waals surface area contributed by atoms with E-state index in [2.05, 4.69) is 26.2 Å². The summed E-state index contributed by atoms with van der Waals surface area (Å²) < 4.78 is 44.8. The molecule has 1 aliphatic rings. The van der Waals surface area contributed by atoms with E-state index in [0.29, 0.717) is 37.9 Å². The van der Waals surface area contributed by atoms with Gasteiger partial charge in [0.1, 0.15) is 0 Å². The largest absolute Gasteiger partial charge is 0.504 e. The molecule has 212 valence electrons. The zero-order valence-corrected chi connectivity index (χ0v) is 21.8. The van der Waals surface area contributed by atoms with Crippen molar-refractivity contribution in [2.45, 2.75) is 45.1 Å². The molecule has 0 saturated carbocycles. The minimum atomic E-state index is -4.70. The SMILES string of the molecule is COc1ccc(CN2CC[C@H](NC(=O)CNC(=O)c3cc(C(F)(F)F)ccc3NC(=O)NC(C)C)C2)cc1O. The number of nitrogens with one attached hydrogen (secondary N) is 4. The van der Waals surface area contributed by atoms with Crippen molar-refractivity contribution in [2.24, 2.45) is 0 Å². The number of carbonyl (C=O) groups excluding carboxylic acids is 3. The molecule has 0 spiro atoms. The smallest absolute Gasteiger partial charge is 0.416 e. The monoisotopic (exact) mass is 551 g/mol. The van der Waals surface area contributed by atoms with E-state index in [-0.39, 0.29) is 23.5 Å². The number of methoxy groups -OCH3 is 1. The number of aromatic hydroxyl groups is 1. The van der Waals surface area contributed by atoms with E-state index in [1.54, 1.807) is 26.0 Å². The fraction of sp³-hybridized carbons (Fsp3) is 0.423. The van der Waals surface area contributed by atoms with Crippen LogP contribution in [0.3, 0.4) is 0 Å². The lowest BCUT2D eigenvalue weighted by Crippen LogP contribution is -2.43. The molecule has 0 aliphatic carbocycles. The number of anilines is 1. The number of carbonyl (C=O) groups is 3. The number of phenols is 1. The second-order valence-electron chi connectivity index (χ2n) is 9.49. The summed E-state index contributed by atoms with van der Waals surface area (Å²) in [6.45, 7) is 4.73. The van der Waals surface area contributed by atoms with Crippen LogP contribution in [0.4, 0.5) is 23.7 Å². The summed E-state index contributed by atoms with van der Waals surface area (Å²) >= 11 is 0. The van der Waals surface area contributed by atoms with Gasteiger partial charge in [-0.3, -0.25) is 14.5 Å². The Kier molecular flexibility index (Phi) is 9.62. The van der Waals surface area contributed by atoms with Crippen molar-refractivity contribution in [3.63, 3.8) is 0 Å². The number of nitrogens with zero attached hydrogens (tertiary/aromatic N) is 1. The van der Waals surface area contributed by atoms with Crippen LogP contribution in [-0.2, 0) is 17.5 Å². The Balaban J connectivity index is 1.56. The molecule has 1 atom stereocenters. The van der Waals surface area contributed by atoms with Crippen molar-refractivity contribution in [2.75, 3.05) is 32.1 Å². The van der Waals surface area contributed by atoms with Gasteiger partial charge in [-0.25, -0.2) is 4.79 Å². The number of amides is 4. The van der Waals surface area contributed by atoms with Crippen LogP contribution in [0, 0.1) is 0 Å². The number of ether oxygens (including phenoxy) is 1. The number of halogens is 3. The first-order valence-electron chi connectivity index (χ1n) is 12.3. The van der Waals surface area contributed by atoms with E-state index >= 15 is 0 Å². The van der Waals surface area contributed by atoms with Gasteiger partial charge in [0, 0.05) is 31.7 Å². The van der Waals surface area contributed by atoms with Crippen LogP contribution in [0.25, 0.3) is 0 Å². The molecule has 13 heteroatoms. The molecule has 1 heterocycles. The highest BCUT2D eigenvalue weighted by atomic mass is 19.4. The van der Waals surface area contributed by atoms with Gasteiger partial charge in [0.25, 0.3) is 5.91 Å². The number of benzene rings is 2. The molecule has 39 heavy (non-hydrogen) atoms. The number of hydrogen-bond donors (Lipinski definition) is 5. The summed E-state index contributed by atoms with van der Waals surface area (Å²) in [7, 11) is 1.47. The Morgan fingerprint density at radius 1 is 1.15 bits per heavy atom. The number of phenolic OH excluding ortho intramolecular Hbond substituents is 1. The summed E-state index contributed by atoms with van der Waals surface area (Å²) in [6, 6.07) is 6.39. The number of hydrogen-bond acceptors (Lipinski definition) is 6. The van der Waals surface area contributed by atoms with Crippen LogP contribution in [0.15, 0.2) is 36.4 Å². The van der Waals surface area contributed by atoms with Crippen LogP contribution in [0.5, 0.6) is 11.5 Å². The molecule has 2 aromatic rings. The maximum Gasteiger partial charge on any atom is 0.416 e. The van der Waals surface area contributed by atoms with E-state index < -0.39 is 41.7 Å². The predicted molar refractivity (Wildman–Crippen MR) is 138 cm³/mol. The van der Waals surface area contributed by atoms with Crippen LogP contribution >= 0.6 is 0 Å². The molecule has 0 aromatic heterocycles.